The first kappa shape index (κ1) is 6.47. The van der Waals surface area contributed by atoms with Gasteiger partial charge in [0.2, 0.25) is 0 Å². The standard InChI is InChI=1S/C10H17N/c1-10-5-7-2-8(6-10)4-9(3-7)11-10/h7-9,11H,2-6H2,1H3/t7-,8+,9?,10?. The molecule has 2 saturated heterocycles. The van der Waals surface area contributed by atoms with Crippen LogP contribution in [-0.4, -0.2) is 11.6 Å². The van der Waals surface area contributed by atoms with E-state index in [2.05, 4.69) is 12.2 Å². The van der Waals surface area contributed by atoms with Gasteiger partial charge in [0, 0.05) is 11.6 Å². The maximum absolute atomic E-state index is 3.79. The van der Waals surface area contributed by atoms with E-state index < -0.39 is 0 Å². The highest BCUT2D eigenvalue weighted by Gasteiger charge is 2.47. The van der Waals surface area contributed by atoms with Crippen molar-refractivity contribution in [1.82, 2.24) is 5.32 Å². The molecule has 1 heteroatoms. The number of hydrogen-bond acceptors (Lipinski definition) is 1. The van der Waals surface area contributed by atoms with Gasteiger partial charge >= 0.3 is 0 Å². The Balaban J connectivity index is 1.94. The summed E-state index contributed by atoms with van der Waals surface area (Å²) in [5, 5.41) is 3.79. The fraction of sp³-hybridized carbons (Fsp3) is 1.00. The first-order chi connectivity index (χ1) is 5.23. The van der Waals surface area contributed by atoms with Gasteiger partial charge in [-0.1, -0.05) is 0 Å². The Morgan fingerprint density at radius 3 is 2.18 bits per heavy atom. The van der Waals surface area contributed by atoms with Gasteiger partial charge in [-0.15, -0.1) is 0 Å². The molecule has 4 bridgehead atoms. The molecule has 62 valence electrons. The van der Waals surface area contributed by atoms with E-state index in [4.69, 9.17) is 0 Å². The minimum absolute atomic E-state index is 0.550. The van der Waals surface area contributed by atoms with Crippen molar-refractivity contribution in [2.45, 2.75) is 50.6 Å². The molecule has 2 aliphatic heterocycles. The number of hydrogen-bond donors (Lipinski definition) is 1. The predicted molar refractivity (Wildman–Crippen MR) is 45.4 cm³/mol. The molecule has 4 fully saturated rings. The summed E-state index contributed by atoms with van der Waals surface area (Å²) >= 11 is 0. The van der Waals surface area contributed by atoms with Crippen molar-refractivity contribution in [2.24, 2.45) is 11.8 Å². The third-order valence-electron chi connectivity index (χ3n) is 3.93. The molecule has 1 nitrogen and oxygen atoms in total. The lowest BCUT2D eigenvalue weighted by Gasteiger charge is -2.56. The minimum Gasteiger partial charge on any atom is -0.309 e. The van der Waals surface area contributed by atoms with Crippen LogP contribution in [0.2, 0.25) is 0 Å². The minimum atomic E-state index is 0.550. The Kier molecular flexibility index (Phi) is 1.07. The van der Waals surface area contributed by atoms with E-state index in [0.717, 1.165) is 17.9 Å². The molecule has 11 heavy (non-hydrogen) atoms. The van der Waals surface area contributed by atoms with Gasteiger partial charge in [-0.3, -0.25) is 0 Å². The van der Waals surface area contributed by atoms with Crippen molar-refractivity contribution in [3.63, 3.8) is 0 Å². The topological polar surface area (TPSA) is 12.0 Å². The molecule has 4 atom stereocenters. The summed E-state index contributed by atoms with van der Waals surface area (Å²) in [6.45, 7) is 2.43. The molecule has 2 heterocycles. The SMILES string of the molecule is CC12C[C@@H]3CC(C[C@@H](C3)C1)N2. The molecule has 0 aromatic carbocycles. The predicted octanol–water partition coefficient (Wildman–Crippen LogP) is 1.93. The van der Waals surface area contributed by atoms with Gasteiger partial charge in [0.15, 0.2) is 0 Å². The fourth-order valence-electron chi connectivity index (χ4n) is 3.98. The Bertz CT molecular complexity index is 150. The van der Waals surface area contributed by atoms with E-state index in [0.29, 0.717) is 5.54 Å². The number of rotatable bonds is 0. The lowest BCUT2D eigenvalue weighted by Crippen LogP contribution is -2.62. The van der Waals surface area contributed by atoms with Crippen LogP contribution in [0.25, 0.3) is 0 Å². The summed E-state index contributed by atoms with van der Waals surface area (Å²) in [7, 11) is 0. The van der Waals surface area contributed by atoms with Crippen LogP contribution in [0.15, 0.2) is 0 Å². The molecule has 0 amide bonds. The molecule has 1 N–H and O–H groups in total. The first-order valence-electron chi connectivity index (χ1n) is 5.01. The molecular weight excluding hydrogens is 134 g/mol. The summed E-state index contributed by atoms with van der Waals surface area (Å²) in [6.07, 6.45) is 7.42. The van der Waals surface area contributed by atoms with E-state index in [-0.39, 0.29) is 0 Å². The maximum atomic E-state index is 3.79. The summed E-state index contributed by atoms with van der Waals surface area (Å²) in [5.41, 5.74) is 0.550. The maximum Gasteiger partial charge on any atom is 0.0161 e. The highest BCUT2D eigenvalue weighted by atomic mass is 15.0. The number of piperidine rings is 2. The van der Waals surface area contributed by atoms with E-state index in [1.807, 2.05) is 0 Å². The van der Waals surface area contributed by atoms with E-state index in [1.54, 1.807) is 6.42 Å². The van der Waals surface area contributed by atoms with Crippen LogP contribution >= 0.6 is 0 Å². The van der Waals surface area contributed by atoms with E-state index >= 15 is 0 Å². The second-order valence-electron chi connectivity index (χ2n) is 5.25. The average Bonchev–Trinajstić information content (AvgIpc) is 1.79. The van der Waals surface area contributed by atoms with Gasteiger partial charge in [0.05, 0.1) is 0 Å². The van der Waals surface area contributed by atoms with Crippen LogP contribution in [0.4, 0.5) is 0 Å². The molecule has 0 aromatic heterocycles. The largest absolute Gasteiger partial charge is 0.309 e. The lowest BCUT2D eigenvalue weighted by atomic mass is 9.60. The van der Waals surface area contributed by atoms with Gasteiger partial charge in [-0.25, -0.2) is 0 Å². The van der Waals surface area contributed by atoms with Crippen molar-refractivity contribution in [3.8, 4) is 0 Å². The van der Waals surface area contributed by atoms with Crippen LogP contribution < -0.4 is 5.32 Å². The Labute approximate surface area is 68.6 Å². The van der Waals surface area contributed by atoms with Gasteiger partial charge in [-0.05, 0) is 50.9 Å². The van der Waals surface area contributed by atoms with Crippen molar-refractivity contribution in [1.29, 1.82) is 0 Å². The molecule has 2 saturated carbocycles. The summed E-state index contributed by atoms with van der Waals surface area (Å²) < 4.78 is 0. The van der Waals surface area contributed by atoms with Gasteiger partial charge in [0.25, 0.3) is 0 Å². The second kappa shape index (κ2) is 1.82. The molecule has 2 unspecified atom stereocenters. The van der Waals surface area contributed by atoms with Crippen molar-refractivity contribution < 1.29 is 0 Å². The average molecular weight is 151 g/mol. The molecule has 4 rings (SSSR count). The van der Waals surface area contributed by atoms with Crippen molar-refractivity contribution in [3.05, 3.63) is 0 Å². The molecule has 2 aliphatic carbocycles. The molecule has 4 aliphatic rings. The zero-order valence-corrected chi connectivity index (χ0v) is 7.27. The van der Waals surface area contributed by atoms with E-state index in [9.17, 15) is 0 Å². The van der Waals surface area contributed by atoms with Crippen LogP contribution in [0, 0.1) is 11.8 Å². The number of nitrogens with one attached hydrogen (secondary N) is 1. The third kappa shape index (κ3) is 0.868. The van der Waals surface area contributed by atoms with Crippen LogP contribution in [0.3, 0.4) is 0 Å². The first-order valence-corrected chi connectivity index (χ1v) is 5.01. The van der Waals surface area contributed by atoms with Crippen LogP contribution in [0.1, 0.15) is 39.0 Å². The summed E-state index contributed by atoms with van der Waals surface area (Å²) in [6, 6.07) is 0.895. The van der Waals surface area contributed by atoms with Crippen LogP contribution in [-0.2, 0) is 0 Å². The fourth-order valence-corrected chi connectivity index (χ4v) is 3.98. The summed E-state index contributed by atoms with van der Waals surface area (Å²) in [4.78, 5) is 0. The molecule has 0 spiro atoms. The van der Waals surface area contributed by atoms with Gasteiger partial charge in [-0.2, -0.15) is 0 Å². The zero-order chi connectivity index (χ0) is 7.47. The molecule has 0 aromatic rings. The smallest absolute Gasteiger partial charge is 0.0161 e. The van der Waals surface area contributed by atoms with Gasteiger partial charge in [0.1, 0.15) is 0 Å². The Hall–Kier alpha value is -0.0400. The Morgan fingerprint density at radius 1 is 1.09 bits per heavy atom. The van der Waals surface area contributed by atoms with Crippen LogP contribution in [0.5, 0.6) is 0 Å². The second-order valence-corrected chi connectivity index (χ2v) is 5.25. The summed E-state index contributed by atoms with van der Waals surface area (Å²) in [5.74, 6) is 2.16. The lowest BCUT2D eigenvalue weighted by molar-refractivity contribution is 0.00775. The monoisotopic (exact) mass is 151 g/mol. The molecule has 0 radical (unpaired) electrons. The Morgan fingerprint density at radius 2 is 1.73 bits per heavy atom. The molecular formula is C10H17N. The van der Waals surface area contributed by atoms with E-state index in [1.165, 1.54) is 25.7 Å². The quantitative estimate of drug-likeness (QED) is 0.558. The zero-order valence-electron chi connectivity index (χ0n) is 7.27. The van der Waals surface area contributed by atoms with Crippen molar-refractivity contribution in [2.75, 3.05) is 0 Å². The highest BCUT2D eigenvalue weighted by Crippen LogP contribution is 2.49. The third-order valence-corrected chi connectivity index (χ3v) is 3.93. The normalized spacial score (nSPS) is 60.3. The van der Waals surface area contributed by atoms with Gasteiger partial charge < -0.3 is 5.32 Å². The van der Waals surface area contributed by atoms with Crippen molar-refractivity contribution >= 4 is 0 Å². The highest BCUT2D eigenvalue weighted by molar-refractivity contribution is 5.05.